The van der Waals surface area contributed by atoms with Gasteiger partial charge in [0.25, 0.3) is 0 Å². The van der Waals surface area contributed by atoms with Crippen LogP contribution in [0.4, 0.5) is 0 Å². The maximum absolute atomic E-state index is 12.8. The van der Waals surface area contributed by atoms with Gasteiger partial charge in [-0.25, -0.2) is 10.9 Å². The molecule has 0 bridgehead atoms. The molecule has 2 atom stereocenters. The molecule has 0 radical (unpaired) electrons. The summed E-state index contributed by atoms with van der Waals surface area (Å²) in [5.41, 5.74) is 7.67. The molecule has 1 heterocycles. The van der Waals surface area contributed by atoms with Crippen LogP contribution in [0.5, 0.6) is 5.75 Å². The number of nitrogens with zero attached hydrogens (tertiary/aromatic N) is 1. The van der Waals surface area contributed by atoms with Crippen molar-refractivity contribution in [2.75, 3.05) is 27.2 Å². The molecule has 6 nitrogen and oxygen atoms in total. The molecule has 0 spiro atoms. The predicted octanol–water partition coefficient (Wildman–Crippen LogP) is 2.37. The summed E-state index contributed by atoms with van der Waals surface area (Å²) in [6, 6.07) is 7.90. The Balaban J connectivity index is 1.56. The number of likely N-dealkylation sites (N-methyl/N-ethyl adjacent to an activating group) is 1. The molecule has 6 heteroatoms. The Morgan fingerprint density at radius 3 is 2.78 bits per heavy atom. The Bertz CT molecular complexity index is 630. The zero-order chi connectivity index (χ0) is 19.3. The van der Waals surface area contributed by atoms with E-state index in [2.05, 4.69) is 41.1 Å². The molecule has 1 amide bonds. The Morgan fingerprint density at radius 1 is 1.30 bits per heavy atom. The monoisotopic (exact) mass is 374 g/mol. The summed E-state index contributed by atoms with van der Waals surface area (Å²) in [4.78, 5) is 15.2. The number of benzene rings is 1. The second-order valence-electron chi connectivity index (χ2n) is 7.92. The highest BCUT2D eigenvalue weighted by Gasteiger charge is 2.37. The van der Waals surface area contributed by atoms with E-state index < -0.39 is 0 Å². The zero-order valence-electron chi connectivity index (χ0n) is 16.9. The van der Waals surface area contributed by atoms with Gasteiger partial charge in [0.05, 0.1) is 7.11 Å². The van der Waals surface area contributed by atoms with Crippen molar-refractivity contribution in [1.29, 1.82) is 0 Å². The van der Waals surface area contributed by atoms with E-state index in [1.807, 2.05) is 18.2 Å². The third kappa shape index (κ3) is 4.62. The summed E-state index contributed by atoms with van der Waals surface area (Å²) < 4.78 is 5.31. The maximum atomic E-state index is 12.8. The third-order valence-electron chi connectivity index (χ3n) is 6.38. The second-order valence-corrected chi connectivity index (χ2v) is 7.92. The van der Waals surface area contributed by atoms with Gasteiger partial charge in [0.1, 0.15) is 11.8 Å². The highest BCUT2D eigenvalue weighted by molar-refractivity contribution is 5.82. The number of carbonyl (C=O) groups is 1. The first-order valence-electron chi connectivity index (χ1n) is 10.2. The van der Waals surface area contributed by atoms with Gasteiger partial charge < -0.3 is 10.1 Å². The lowest BCUT2D eigenvalue weighted by Crippen LogP contribution is -2.57. The number of amides is 1. The molecule has 2 unspecified atom stereocenters. The van der Waals surface area contributed by atoms with Gasteiger partial charge in [-0.3, -0.25) is 9.69 Å². The van der Waals surface area contributed by atoms with Crippen molar-refractivity contribution < 1.29 is 9.53 Å². The van der Waals surface area contributed by atoms with Gasteiger partial charge in [0.15, 0.2) is 0 Å². The first-order chi connectivity index (χ1) is 13.1. The number of methoxy groups -OCH3 is 1. The van der Waals surface area contributed by atoms with E-state index in [4.69, 9.17) is 4.74 Å². The fourth-order valence-electron chi connectivity index (χ4n) is 4.42. The molecule has 1 aromatic rings. The number of rotatable bonds is 7. The fourth-order valence-corrected chi connectivity index (χ4v) is 4.42. The average Bonchev–Trinajstić information content (AvgIpc) is 3.22. The highest BCUT2D eigenvalue weighted by Crippen LogP contribution is 2.32. The van der Waals surface area contributed by atoms with Crippen molar-refractivity contribution in [3.05, 3.63) is 29.8 Å². The molecule has 150 valence electrons. The predicted molar refractivity (Wildman–Crippen MR) is 108 cm³/mol. The van der Waals surface area contributed by atoms with Crippen LogP contribution in [0.1, 0.15) is 57.1 Å². The summed E-state index contributed by atoms with van der Waals surface area (Å²) in [7, 11) is 3.86. The van der Waals surface area contributed by atoms with Crippen molar-refractivity contribution >= 4 is 5.91 Å². The molecular formula is C21H34N4O2. The Hall–Kier alpha value is -1.63. The van der Waals surface area contributed by atoms with E-state index in [1.54, 1.807) is 7.11 Å². The number of hydrogen-bond acceptors (Lipinski definition) is 5. The van der Waals surface area contributed by atoms with Gasteiger partial charge in [0, 0.05) is 18.1 Å². The summed E-state index contributed by atoms with van der Waals surface area (Å²) >= 11 is 0. The number of nitrogens with one attached hydrogen (secondary N) is 3. The van der Waals surface area contributed by atoms with E-state index in [1.165, 1.54) is 32.1 Å². The summed E-state index contributed by atoms with van der Waals surface area (Å²) in [6.45, 7) is 3.94. The number of hydrazine groups is 1. The molecule has 1 aliphatic carbocycles. The van der Waals surface area contributed by atoms with Crippen LogP contribution in [-0.2, 0) is 4.79 Å². The first kappa shape index (κ1) is 20.1. The van der Waals surface area contributed by atoms with Crippen LogP contribution in [0.2, 0.25) is 0 Å². The molecule has 3 rings (SSSR count). The molecular weight excluding hydrogens is 340 g/mol. The summed E-state index contributed by atoms with van der Waals surface area (Å²) in [5.74, 6) is 0.923. The van der Waals surface area contributed by atoms with Crippen LogP contribution in [0.15, 0.2) is 24.3 Å². The van der Waals surface area contributed by atoms with Crippen molar-refractivity contribution in [1.82, 2.24) is 21.1 Å². The zero-order valence-corrected chi connectivity index (χ0v) is 16.9. The molecule has 2 aliphatic rings. The molecule has 1 aromatic carbocycles. The summed E-state index contributed by atoms with van der Waals surface area (Å²) in [5, 5.41) is 3.24. The standard InChI is InChI=1S/C21H34N4O2/c1-4-25(2)21(11-6-5-7-12-21)15-22-20(26)19-14-18(23-24-19)16-9-8-10-17(13-16)27-3/h8-10,13,18-19,23-24H,4-7,11-12,14-15H2,1-3H3,(H,22,26). The van der Waals surface area contributed by atoms with Gasteiger partial charge in [-0.2, -0.15) is 0 Å². The topological polar surface area (TPSA) is 65.6 Å². The second kappa shape index (κ2) is 9.04. The molecule has 1 saturated carbocycles. The minimum atomic E-state index is -0.214. The molecule has 1 aliphatic heterocycles. The van der Waals surface area contributed by atoms with E-state index in [-0.39, 0.29) is 23.5 Å². The first-order valence-corrected chi connectivity index (χ1v) is 10.2. The number of ether oxygens (including phenoxy) is 1. The van der Waals surface area contributed by atoms with E-state index >= 15 is 0 Å². The number of carbonyl (C=O) groups excluding carboxylic acids is 1. The molecule has 1 saturated heterocycles. The Labute approximate surface area is 163 Å². The smallest absolute Gasteiger partial charge is 0.238 e. The fraction of sp³-hybridized carbons (Fsp3) is 0.667. The Kier molecular flexibility index (Phi) is 6.73. The largest absolute Gasteiger partial charge is 0.497 e. The van der Waals surface area contributed by atoms with Crippen molar-refractivity contribution in [2.24, 2.45) is 0 Å². The van der Waals surface area contributed by atoms with Crippen LogP contribution in [0.3, 0.4) is 0 Å². The third-order valence-corrected chi connectivity index (χ3v) is 6.38. The SMILES string of the molecule is CCN(C)C1(CNC(=O)C2CC(c3cccc(OC)c3)NN2)CCCCC1. The minimum absolute atomic E-state index is 0.0855. The summed E-state index contributed by atoms with van der Waals surface area (Å²) in [6.07, 6.45) is 6.88. The average molecular weight is 375 g/mol. The molecule has 2 fully saturated rings. The van der Waals surface area contributed by atoms with E-state index in [9.17, 15) is 4.79 Å². The minimum Gasteiger partial charge on any atom is -0.497 e. The normalized spacial score (nSPS) is 24.7. The van der Waals surface area contributed by atoms with E-state index in [0.717, 1.165) is 30.8 Å². The van der Waals surface area contributed by atoms with Gasteiger partial charge in [-0.15, -0.1) is 0 Å². The van der Waals surface area contributed by atoms with Crippen LogP contribution in [-0.4, -0.2) is 49.6 Å². The van der Waals surface area contributed by atoms with Crippen molar-refractivity contribution in [3.63, 3.8) is 0 Å². The number of hydrogen-bond donors (Lipinski definition) is 3. The van der Waals surface area contributed by atoms with Crippen molar-refractivity contribution in [3.8, 4) is 5.75 Å². The van der Waals surface area contributed by atoms with Crippen LogP contribution >= 0.6 is 0 Å². The van der Waals surface area contributed by atoms with Crippen molar-refractivity contribution in [2.45, 2.75) is 63.1 Å². The van der Waals surface area contributed by atoms with Crippen LogP contribution < -0.4 is 20.9 Å². The maximum Gasteiger partial charge on any atom is 0.238 e. The lowest BCUT2D eigenvalue weighted by Gasteiger charge is -2.44. The van der Waals surface area contributed by atoms with Crippen LogP contribution in [0.25, 0.3) is 0 Å². The molecule has 27 heavy (non-hydrogen) atoms. The van der Waals surface area contributed by atoms with Crippen LogP contribution in [0, 0.1) is 0 Å². The quantitative estimate of drug-likeness (QED) is 0.684. The van der Waals surface area contributed by atoms with E-state index in [0.29, 0.717) is 0 Å². The highest BCUT2D eigenvalue weighted by atomic mass is 16.5. The lowest BCUT2D eigenvalue weighted by atomic mass is 9.80. The lowest BCUT2D eigenvalue weighted by molar-refractivity contribution is -0.123. The molecule has 0 aromatic heterocycles. The van der Waals surface area contributed by atoms with Gasteiger partial charge >= 0.3 is 0 Å². The van der Waals surface area contributed by atoms with Gasteiger partial charge in [0.2, 0.25) is 5.91 Å². The van der Waals surface area contributed by atoms with Gasteiger partial charge in [-0.1, -0.05) is 38.3 Å². The molecule has 3 N–H and O–H groups in total. The Morgan fingerprint density at radius 2 is 2.07 bits per heavy atom. The van der Waals surface area contributed by atoms with Gasteiger partial charge in [-0.05, 0) is 50.6 Å².